The van der Waals surface area contributed by atoms with E-state index in [0.29, 0.717) is 0 Å². The van der Waals surface area contributed by atoms with Crippen molar-refractivity contribution < 1.29 is 118 Å². The molecule has 0 spiro atoms. The highest BCUT2D eigenvalue weighted by Gasteiger charge is 2.53. The minimum atomic E-state index is -2.18. The molecule has 2 saturated heterocycles. The van der Waals surface area contributed by atoms with Crippen LogP contribution >= 0.6 is 0 Å². The highest BCUT2D eigenvalue weighted by atomic mass is 16.8. The molecule has 25 heteroatoms. The van der Waals surface area contributed by atoms with Crippen LogP contribution < -0.4 is 10.1 Å². The molecule has 0 aliphatic carbocycles. The topological polar surface area (TPSA) is 406 Å². The zero-order valence-electron chi connectivity index (χ0n) is 31.7. The van der Waals surface area contributed by atoms with Crippen LogP contribution in [0.3, 0.4) is 0 Å². The Hall–Kier alpha value is -5.77. The lowest BCUT2D eigenvalue weighted by molar-refractivity contribution is -0.456. The first kappa shape index (κ1) is 46.3. The molecule has 5 rings (SSSR count). The van der Waals surface area contributed by atoms with E-state index in [0.717, 1.165) is 25.1 Å². The molecule has 4 aliphatic heterocycles. The lowest BCUT2D eigenvalue weighted by Gasteiger charge is -2.45. The Kier molecular flexibility index (Phi) is 14.0. The number of hydrogen-bond donors (Lipinski definition) is 13. The highest BCUT2D eigenvalue weighted by Crippen LogP contribution is 2.41. The van der Waals surface area contributed by atoms with Gasteiger partial charge in [-0.1, -0.05) is 0 Å². The predicted molar refractivity (Wildman–Crippen MR) is 191 cm³/mol. The molecule has 0 aromatic heterocycles. The van der Waals surface area contributed by atoms with Crippen molar-refractivity contribution >= 4 is 47.7 Å². The SMILES string of the molecule is CC(O)(CC(=O)O)CC(=O)OCC1OC(Oc2cc3c(cc2O)[N+](=CC=C2C=C(C(=O)O)NC(C(=O)O)C2)C(C(=O)O)C3)C(OC2OC(C(=O)O)C(O)C(O)C2O)C(O)C1O. The molecule has 1 aromatic carbocycles. The molecule has 4 aliphatic rings. The third kappa shape index (κ3) is 10.6. The minimum absolute atomic E-state index is 0.0858. The molecule has 4 heterocycles. The van der Waals surface area contributed by atoms with Crippen molar-refractivity contribution in [1.82, 2.24) is 5.32 Å². The number of nitrogens with zero attached hydrogens (tertiary/aromatic N) is 1. The third-order valence-corrected chi connectivity index (χ3v) is 10.0. The van der Waals surface area contributed by atoms with Gasteiger partial charge in [0.05, 0.1) is 30.9 Å². The van der Waals surface area contributed by atoms with Crippen LogP contribution in [0.4, 0.5) is 5.69 Å². The Morgan fingerprint density at radius 1 is 0.852 bits per heavy atom. The number of allylic oxidation sites excluding steroid dienone is 2. The molecule has 0 saturated carbocycles. The van der Waals surface area contributed by atoms with Crippen LogP contribution in [0, 0.1) is 0 Å². The molecule has 0 bridgehead atoms. The zero-order chi connectivity index (χ0) is 45.2. The summed E-state index contributed by atoms with van der Waals surface area (Å²) in [6.45, 7) is 0.163. The maximum atomic E-state index is 12.5. The number of phenolic OH excluding ortho intramolecular Hbond substituents is 1. The summed E-state index contributed by atoms with van der Waals surface area (Å²) in [4.78, 5) is 70.9. The average molecular weight is 872 g/mol. The van der Waals surface area contributed by atoms with Crippen LogP contribution in [0.1, 0.15) is 31.7 Å². The van der Waals surface area contributed by atoms with Crippen molar-refractivity contribution in [2.75, 3.05) is 6.61 Å². The van der Waals surface area contributed by atoms with Gasteiger partial charge in [0.15, 0.2) is 36.2 Å². The summed E-state index contributed by atoms with van der Waals surface area (Å²) >= 11 is 0. The van der Waals surface area contributed by atoms with Gasteiger partial charge >= 0.3 is 35.8 Å². The number of carboxylic acid groups (broad SMARTS) is 5. The summed E-state index contributed by atoms with van der Waals surface area (Å²) in [5.41, 5.74) is -2.00. The number of carbonyl (C=O) groups is 6. The van der Waals surface area contributed by atoms with Crippen molar-refractivity contribution in [2.45, 2.75) is 112 Å². The maximum Gasteiger partial charge on any atom is 0.373 e. The largest absolute Gasteiger partial charge is 0.504 e. The molecule has 25 nitrogen and oxygen atoms in total. The van der Waals surface area contributed by atoms with Crippen molar-refractivity contribution in [2.24, 2.45) is 0 Å². The van der Waals surface area contributed by atoms with E-state index in [4.69, 9.17) is 28.8 Å². The first-order valence-electron chi connectivity index (χ1n) is 18.2. The van der Waals surface area contributed by atoms with Crippen molar-refractivity contribution in [1.29, 1.82) is 0 Å². The number of hydrogen-bond acceptors (Lipinski definition) is 19. The van der Waals surface area contributed by atoms with E-state index in [1.165, 1.54) is 16.9 Å². The van der Waals surface area contributed by atoms with Gasteiger partial charge in [-0.2, -0.15) is 4.58 Å². The molecule has 13 atom stereocenters. The fourth-order valence-corrected chi connectivity index (χ4v) is 6.94. The molecule has 13 unspecified atom stereocenters. The number of fused-ring (bicyclic) bond motifs is 1. The van der Waals surface area contributed by atoms with Crippen LogP contribution in [-0.2, 0) is 54.1 Å². The maximum absolute atomic E-state index is 12.5. The summed E-state index contributed by atoms with van der Waals surface area (Å²) in [6.07, 6.45) is -19.3. The fraction of sp³-hybridized carbons (Fsp3) is 0.528. The second kappa shape index (κ2) is 18.5. The standard InChI is InChI=1S/C36H42N2O23/c1-36(56,9-21(40)41)10-22(42)57-11-20-23(43)25(45)29(61-34-27(47)24(44)26(46)28(60-34)33(54)55)35(59-20)58-19-7-13-6-17(32(52)53)38(16(13)8-18(19)39)3-2-12-4-14(30(48)49)37-15(5-12)31(50)51/h2-4,7-8,15,17,20,23-29,34-35,43-47,56H,5-6,9-11H2,1H3,(H6,39,40,41,48,49,50,51,52,53,54,55)/p+1. The Balaban J connectivity index is 1.46. The van der Waals surface area contributed by atoms with Gasteiger partial charge in [-0.05, 0) is 24.6 Å². The van der Waals surface area contributed by atoms with E-state index in [-0.39, 0.29) is 29.7 Å². The van der Waals surface area contributed by atoms with Crippen molar-refractivity contribution in [3.8, 4) is 11.5 Å². The number of aromatic hydroxyl groups is 1. The molecule has 0 amide bonds. The van der Waals surface area contributed by atoms with E-state index in [1.807, 2.05) is 0 Å². The number of aliphatic hydroxyl groups excluding tert-OH is 5. The molecule has 1 aromatic rings. The normalized spacial score (nSPS) is 33.4. The summed E-state index contributed by atoms with van der Waals surface area (Å²) in [5.74, 6) is -9.76. The Bertz CT molecular complexity index is 2010. The second-order valence-electron chi connectivity index (χ2n) is 14.8. The van der Waals surface area contributed by atoms with Gasteiger partial charge in [0, 0.05) is 18.1 Å². The Morgan fingerprint density at radius 2 is 1.54 bits per heavy atom. The fourth-order valence-electron chi connectivity index (χ4n) is 6.94. The van der Waals surface area contributed by atoms with Crippen LogP contribution in [0.2, 0.25) is 0 Å². The minimum Gasteiger partial charge on any atom is -0.504 e. The molecule has 334 valence electrons. The summed E-state index contributed by atoms with van der Waals surface area (Å²) < 4.78 is 28.6. The lowest BCUT2D eigenvalue weighted by Crippen LogP contribution is -2.65. The van der Waals surface area contributed by atoms with E-state index in [1.54, 1.807) is 0 Å². The van der Waals surface area contributed by atoms with E-state index < -0.39 is 152 Å². The van der Waals surface area contributed by atoms with Crippen LogP contribution in [-0.4, -0.2) is 194 Å². The quantitative estimate of drug-likeness (QED) is 0.0586. The first-order chi connectivity index (χ1) is 28.5. The number of carboxylic acids is 5. The number of esters is 1. The van der Waals surface area contributed by atoms with Gasteiger partial charge in [0.25, 0.3) is 6.04 Å². The van der Waals surface area contributed by atoms with Gasteiger partial charge in [-0.3, -0.25) is 9.59 Å². The average Bonchev–Trinajstić information content (AvgIpc) is 3.52. The molecule has 0 radical (unpaired) electrons. The van der Waals surface area contributed by atoms with E-state index >= 15 is 0 Å². The number of carbonyl (C=O) groups excluding carboxylic acids is 1. The third-order valence-electron chi connectivity index (χ3n) is 10.0. The monoisotopic (exact) mass is 871 g/mol. The first-order valence-corrected chi connectivity index (χ1v) is 18.2. The molecular weight excluding hydrogens is 828 g/mol. The molecular formula is C36H43N2O23+. The predicted octanol–water partition coefficient (Wildman–Crippen LogP) is -4.28. The van der Waals surface area contributed by atoms with Crippen LogP contribution in [0.25, 0.3) is 0 Å². The Morgan fingerprint density at radius 3 is 2.15 bits per heavy atom. The van der Waals surface area contributed by atoms with Crippen LogP contribution in [0.15, 0.2) is 35.6 Å². The van der Waals surface area contributed by atoms with Gasteiger partial charge < -0.3 is 90.3 Å². The van der Waals surface area contributed by atoms with Crippen molar-refractivity contribution in [3.63, 3.8) is 0 Å². The van der Waals surface area contributed by atoms with E-state index in [2.05, 4.69) is 5.32 Å². The molecule has 61 heavy (non-hydrogen) atoms. The number of benzene rings is 1. The summed E-state index contributed by atoms with van der Waals surface area (Å²) in [6, 6.07) is -0.451. The number of phenols is 1. The van der Waals surface area contributed by atoms with Gasteiger partial charge in [0.1, 0.15) is 55.0 Å². The summed E-state index contributed by atoms with van der Waals surface area (Å²) in [5, 5.41) is 125. The summed E-state index contributed by atoms with van der Waals surface area (Å²) in [7, 11) is 0. The molecule has 13 N–H and O–H groups in total. The second-order valence-corrected chi connectivity index (χ2v) is 14.8. The smallest absolute Gasteiger partial charge is 0.373 e. The van der Waals surface area contributed by atoms with E-state index in [9.17, 15) is 84.9 Å². The highest BCUT2D eigenvalue weighted by molar-refractivity contribution is 5.89. The lowest BCUT2D eigenvalue weighted by atomic mass is 9.97. The Labute approximate surface area is 342 Å². The number of aliphatic carboxylic acids is 5. The van der Waals surface area contributed by atoms with Gasteiger partial charge in [-0.25, -0.2) is 19.2 Å². The number of rotatable bonds is 15. The number of ether oxygens (including phenoxy) is 5. The van der Waals surface area contributed by atoms with Gasteiger partial charge in [-0.15, -0.1) is 0 Å². The molecule has 2 fully saturated rings. The van der Waals surface area contributed by atoms with Crippen LogP contribution in [0.5, 0.6) is 11.5 Å². The number of aliphatic hydroxyl groups is 6. The number of nitrogens with one attached hydrogen (secondary N) is 1. The van der Waals surface area contributed by atoms with Crippen molar-refractivity contribution in [3.05, 3.63) is 41.1 Å². The van der Waals surface area contributed by atoms with Gasteiger partial charge in [0.2, 0.25) is 12.0 Å². The zero-order valence-corrected chi connectivity index (χ0v) is 31.7.